The van der Waals surface area contributed by atoms with Gasteiger partial charge >= 0.3 is 0 Å². The molecule has 1 unspecified atom stereocenters. The summed E-state index contributed by atoms with van der Waals surface area (Å²) in [6.45, 7) is 4.98. The first-order valence-electron chi connectivity index (χ1n) is 5.02. The van der Waals surface area contributed by atoms with Crippen molar-refractivity contribution in [3.8, 4) is 0 Å². The number of carbonyl (C=O) groups excluding carboxylic acids is 1. The Morgan fingerprint density at radius 2 is 2.07 bits per heavy atom. The van der Waals surface area contributed by atoms with Crippen LogP contribution in [0.4, 0.5) is 0 Å². The Bertz CT molecular complexity index is 371. The maximum absolute atomic E-state index is 11.5. The highest BCUT2D eigenvalue weighted by Gasteiger charge is 2.25. The fourth-order valence-corrected chi connectivity index (χ4v) is 1.85. The summed E-state index contributed by atoms with van der Waals surface area (Å²) in [5.41, 5.74) is 3.64. The molecular formula is C12H15NO. The average molecular weight is 189 g/mol. The molecular weight excluding hydrogens is 174 g/mol. The largest absolute Gasteiger partial charge is 0.303 e. The summed E-state index contributed by atoms with van der Waals surface area (Å²) in [6, 6.07) is 6.17. The molecule has 2 nitrogen and oxygen atoms in total. The Hall–Kier alpha value is -1.15. The van der Waals surface area contributed by atoms with Crippen LogP contribution in [0.1, 0.15) is 29.2 Å². The first-order valence-corrected chi connectivity index (χ1v) is 5.02. The minimum atomic E-state index is -0.0608. The van der Waals surface area contributed by atoms with Crippen molar-refractivity contribution in [3.05, 3.63) is 34.9 Å². The molecule has 0 bridgehead atoms. The Morgan fingerprint density at radius 1 is 1.29 bits per heavy atom. The van der Waals surface area contributed by atoms with Gasteiger partial charge in [-0.2, -0.15) is 0 Å². The zero-order valence-electron chi connectivity index (χ0n) is 8.63. The van der Waals surface area contributed by atoms with Gasteiger partial charge in [-0.15, -0.1) is 0 Å². The van der Waals surface area contributed by atoms with Gasteiger partial charge in [-0.3, -0.25) is 4.79 Å². The SMILES string of the molecule is Cc1ccc(C2NCCC2=O)cc1C. The summed E-state index contributed by atoms with van der Waals surface area (Å²) in [5, 5.41) is 3.22. The first-order chi connectivity index (χ1) is 6.68. The molecule has 0 amide bonds. The van der Waals surface area contributed by atoms with E-state index in [-0.39, 0.29) is 6.04 Å². The minimum absolute atomic E-state index is 0.0608. The second kappa shape index (κ2) is 3.54. The number of benzene rings is 1. The van der Waals surface area contributed by atoms with Gasteiger partial charge in [0.05, 0.1) is 6.04 Å². The third-order valence-electron chi connectivity index (χ3n) is 2.91. The van der Waals surface area contributed by atoms with Crippen molar-refractivity contribution in [2.45, 2.75) is 26.3 Å². The number of hydrogen-bond donors (Lipinski definition) is 1. The van der Waals surface area contributed by atoms with E-state index in [1.165, 1.54) is 11.1 Å². The topological polar surface area (TPSA) is 29.1 Å². The lowest BCUT2D eigenvalue weighted by Crippen LogP contribution is -2.17. The van der Waals surface area contributed by atoms with Crippen LogP contribution in [0, 0.1) is 13.8 Å². The van der Waals surface area contributed by atoms with E-state index in [1.54, 1.807) is 0 Å². The zero-order chi connectivity index (χ0) is 10.1. The fraction of sp³-hybridized carbons (Fsp3) is 0.417. The Morgan fingerprint density at radius 3 is 2.64 bits per heavy atom. The molecule has 1 aliphatic rings. The molecule has 2 heteroatoms. The van der Waals surface area contributed by atoms with E-state index in [0.717, 1.165) is 12.1 Å². The number of Topliss-reactive ketones (excluding diaryl/α,β-unsaturated/α-hetero) is 1. The van der Waals surface area contributed by atoms with Crippen LogP contribution >= 0.6 is 0 Å². The average Bonchev–Trinajstić information content (AvgIpc) is 2.57. The van der Waals surface area contributed by atoms with Crippen molar-refractivity contribution in [3.63, 3.8) is 0 Å². The molecule has 1 heterocycles. The van der Waals surface area contributed by atoms with Gasteiger partial charge in [0, 0.05) is 13.0 Å². The summed E-state index contributed by atoms with van der Waals surface area (Å²) in [4.78, 5) is 11.5. The molecule has 1 aliphatic heterocycles. The number of nitrogens with one attached hydrogen (secondary N) is 1. The maximum Gasteiger partial charge on any atom is 0.155 e. The van der Waals surface area contributed by atoms with Crippen molar-refractivity contribution in [2.75, 3.05) is 6.54 Å². The molecule has 1 saturated heterocycles. The summed E-state index contributed by atoms with van der Waals surface area (Å²) < 4.78 is 0. The fourth-order valence-electron chi connectivity index (χ4n) is 1.85. The Labute approximate surface area is 84.3 Å². The van der Waals surface area contributed by atoms with Crippen molar-refractivity contribution in [1.82, 2.24) is 5.32 Å². The van der Waals surface area contributed by atoms with Crippen LogP contribution in [-0.2, 0) is 4.79 Å². The molecule has 1 N–H and O–H groups in total. The predicted molar refractivity (Wildman–Crippen MR) is 56.3 cm³/mol. The van der Waals surface area contributed by atoms with Crippen LogP contribution in [0.25, 0.3) is 0 Å². The van der Waals surface area contributed by atoms with Gasteiger partial charge in [0.2, 0.25) is 0 Å². The van der Waals surface area contributed by atoms with Gasteiger partial charge in [0.1, 0.15) is 0 Å². The van der Waals surface area contributed by atoms with Crippen molar-refractivity contribution in [1.29, 1.82) is 0 Å². The molecule has 74 valence electrons. The molecule has 1 fully saturated rings. The standard InChI is InChI=1S/C12H15NO/c1-8-3-4-10(7-9(8)2)12-11(14)5-6-13-12/h3-4,7,12-13H,5-6H2,1-2H3. The predicted octanol–water partition coefficient (Wildman–Crippen LogP) is 1.91. The molecule has 2 rings (SSSR count). The monoisotopic (exact) mass is 189 g/mol. The molecule has 0 aliphatic carbocycles. The molecule has 1 aromatic carbocycles. The van der Waals surface area contributed by atoms with Gasteiger partial charge in [-0.05, 0) is 30.5 Å². The van der Waals surface area contributed by atoms with Crippen LogP contribution < -0.4 is 5.32 Å². The molecule has 0 aromatic heterocycles. The quantitative estimate of drug-likeness (QED) is 0.731. The second-order valence-electron chi connectivity index (χ2n) is 3.95. The highest BCUT2D eigenvalue weighted by atomic mass is 16.1. The normalized spacial score (nSPS) is 21.6. The van der Waals surface area contributed by atoms with Crippen LogP contribution in [0.2, 0.25) is 0 Å². The van der Waals surface area contributed by atoms with E-state index in [4.69, 9.17) is 0 Å². The number of ketones is 1. The lowest BCUT2D eigenvalue weighted by molar-refractivity contribution is -0.118. The maximum atomic E-state index is 11.5. The van der Waals surface area contributed by atoms with E-state index in [2.05, 4.69) is 31.3 Å². The van der Waals surface area contributed by atoms with Gasteiger partial charge in [0.25, 0.3) is 0 Å². The van der Waals surface area contributed by atoms with Crippen LogP contribution in [-0.4, -0.2) is 12.3 Å². The number of rotatable bonds is 1. The zero-order valence-corrected chi connectivity index (χ0v) is 8.63. The minimum Gasteiger partial charge on any atom is -0.303 e. The molecule has 0 radical (unpaired) electrons. The third kappa shape index (κ3) is 1.58. The van der Waals surface area contributed by atoms with Crippen molar-refractivity contribution >= 4 is 5.78 Å². The van der Waals surface area contributed by atoms with Crippen LogP contribution in [0.3, 0.4) is 0 Å². The van der Waals surface area contributed by atoms with E-state index in [1.807, 2.05) is 6.07 Å². The van der Waals surface area contributed by atoms with Crippen molar-refractivity contribution in [2.24, 2.45) is 0 Å². The van der Waals surface area contributed by atoms with E-state index < -0.39 is 0 Å². The van der Waals surface area contributed by atoms with Gasteiger partial charge in [0.15, 0.2) is 5.78 Å². The van der Waals surface area contributed by atoms with Gasteiger partial charge in [-0.1, -0.05) is 18.2 Å². The highest BCUT2D eigenvalue weighted by Crippen LogP contribution is 2.21. The molecule has 1 atom stereocenters. The van der Waals surface area contributed by atoms with E-state index in [9.17, 15) is 4.79 Å². The van der Waals surface area contributed by atoms with Gasteiger partial charge in [-0.25, -0.2) is 0 Å². The summed E-state index contributed by atoms with van der Waals surface area (Å²) >= 11 is 0. The molecule has 0 spiro atoms. The van der Waals surface area contributed by atoms with Crippen LogP contribution in [0.15, 0.2) is 18.2 Å². The number of hydrogen-bond acceptors (Lipinski definition) is 2. The smallest absolute Gasteiger partial charge is 0.155 e. The second-order valence-corrected chi connectivity index (χ2v) is 3.95. The Kier molecular flexibility index (Phi) is 2.38. The molecule has 14 heavy (non-hydrogen) atoms. The first kappa shape index (κ1) is 9.41. The third-order valence-corrected chi connectivity index (χ3v) is 2.91. The molecule has 0 saturated carbocycles. The van der Waals surface area contributed by atoms with Crippen LogP contribution in [0.5, 0.6) is 0 Å². The van der Waals surface area contributed by atoms with Crippen molar-refractivity contribution < 1.29 is 4.79 Å². The number of aryl methyl sites for hydroxylation is 2. The summed E-state index contributed by atoms with van der Waals surface area (Å²) in [5.74, 6) is 0.313. The van der Waals surface area contributed by atoms with E-state index >= 15 is 0 Å². The molecule has 1 aromatic rings. The van der Waals surface area contributed by atoms with E-state index in [0.29, 0.717) is 12.2 Å². The lowest BCUT2D eigenvalue weighted by Gasteiger charge is -2.11. The number of carbonyl (C=O) groups is 1. The van der Waals surface area contributed by atoms with Gasteiger partial charge < -0.3 is 5.32 Å². The Balaban J connectivity index is 2.32. The highest BCUT2D eigenvalue weighted by molar-refractivity contribution is 5.87. The summed E-state index contributed by atoms with van der Waals surface area (Å²) in [6.07, 6.45) is 0.664. The lowest BCUT2D eigenvalue weighted by atomic mass is 9.99. The summed E-state index contributed by atoms with van der Waals surface area (Å²) in [7, 11) is 0.